The zero-order chi connectivity index (χ0) is 58.3. The molecule has 3 heterocycles. The lowest BCUT2D eigenvalue weighted by molar-refractivity contribution is -0.374. The van der Waals surface area contributed by atoms with Crippen LogP contribution in [0.1, 0.15) is 61.4 Å². The molecular weight excluding hydrogens is 1070 g/mol. The van der Waals surface area contributed by atoms with Crippen molar-refractivity contribution >= 4 is 17.9 Å². The number of allylic oxidation sites excluding steroid dienone is 1. The molecule has 0 bridgehead atoms. The number of carbonyl (C=O) groups excluding carboxylic acids is 3. The fourth-order valence-corrected chi connectivity index (χ4v) is 9.94. The lowest BCUT2D eigenvalue weighted by Crippen LogP contribution is -2.67. The fourth-order valence-electron chi connectivity index (χ4n) is 9.94. The van der Waals surface area contributed by atoms with Gasteiger partial charge in [0.15, 0.2) is 37.2 Å². The Labute approximate surface area is 484 Å². The first kappa shape index (κ1) is 62.8. The van der Waals surface area contributed by atoms with Crippen LogP contribution in [0.25, 0.3) is 0 Å². The maximum Gasteiger partial charge on any atom is 0.303 e. The highest BCUT2D eigenvalue weighted by molar-refractivity contribution is 5.67. The van der Waals surface area contributed by atoms with Crippen LogP contribution in [0.15, 0.2) is 164 Å². The van der Waals surface area contributed by atoms with E-state index >= 15 is 0 Å². The molecule has 0 radical (unpaired) electrons. The number of hydrogen-bond acceptors (Lipinski definition) is 19. The molecule has 5 aromatic rings. The minimum Gasteiger partial charge on any atom is -0.454 e. The third-order valence-electron chi connectivity index (χ3n) is 13.9. The predicted molar refractivity (Wildman–Crippen MR) is 298 cm³/mol. The van der Waals surface area contributed by atoms with Gasteiger partial charge in [-0.05, 0) is 40.7 Å². The summed E-state index contributed by atoms with van der Waals surface area (Å²) in [5.41, 5.74) is 4.04. The Morgan fingerprint density at radius 2 is 0.771 bits per heavy atom. The summed E-state index contributed by atoms with van der Waals surface area (Å²) in [6.45, 7) is 7.20. The molecule has 8 rings (SSSR count). The van der Waals surface area contributed by atoms with Gasteiger partial charge in [0.2, 0.25) is 0 Å². The predicted octanol–water partition coefficient (Wildman–Crippen LogP) is 7.25. The maximum atomic E-state index is 13.3. The van der Waals surface area contributed by atoms with Gasteiger partial charge >= 0.3 is 17.9 Å². The number of carbonyl (C=O) groups is 3. The van der Waals surface area contributed by atoms with E-state index in [1.165, 1.54) is 20.8 Å². The second-order valence-corrected chi connectivity index (χ2v) is 20.4. The second-order valence-electron chi connectivity index (χ2n) is 20.4. The molecule has 3 saturated heterocycles. The Hall–Kier alpha value is -6.27. The van der Waals surface area contributed by atoms with Gasteiger partial charge in [-0.3, -0.25) is 14.4 Å². The van der Waals surface area contributed by atoms with Gasteiger partial charge in [-0.15, -0.1) is 6.58 Å². The Kier molecular flexibility index (Phi) is 24.7. The van der Waals surface area contributed by atoms with E-state index in [2.05, 4.69) is 6.58 Å². The van der Waals surface area contributed by atoms with E-state index in [1.807, 2.05) is 152 Å². The van der Waals surface area contributed by atoms with Crippen LogP contribution in [-0.4, -0.2) is 147 Å². The smallest absolute Gasteiger partial charge is 0.303 e. The number of rotatable bonds is 30. The number of unbranched alkanes of at least 4 members (excludes halogenated alkanes) is 1. The van der Waals surface area contributed by atoms with Crippen molar-refractivity contribution in [3.05, 3.63) is 192 Å². The molecule has 0 spiro atoms. The van der Waals surface area contributed by atoms with Crippen LogP contribution in [0.2, 0.25) is 0 Å². The van der Waals surface area contributed by atoms with Gasteiger partial charge in [-0.25, -0.2) is 0 Å². The number of aliphatic hydroxyl groups is 2. The third kappa shape index (κ3) is 18.9. The summed E-state index contributed by atoms with van der Waals surface area (Å²) in [5, 5.41) is 24.3. The van der Waals surface area contributed by atoms with Crippen molar-refractivity contribution < 1.29 is 90.9 Å². The van der Waals surface area contributed by atoms with E-state index in [1.54, 1.807) is 6.08 Å². The summed E-state index contributed by atoms with van der Waals surface area (Å²) in [6.07, 6.45) is -17.2. The second kappa shape index (κ2) is 32.7. The maximum absolute atomic E-state index is 13.3. The first-order chi connectivity index (χ1) is 40.4. The summed E-state index contributed by atoms with van der Waals surface area (Å²) in [4.78, 5) is 39.5. The zero-order valence-electron chi connectivity index (χ0n) is 47.0. The standard InChI is InChI=1S/C64H76O19/c1-5-6-22-33-72-62-61(79-44(4)67)58(75-38-49-31-20-11-21-32-49)55(83-64-60(78-43(3)66)57(74-37-48-29-18-10-19-30-48)54(69)51(81-64)40-71-35-46-25-14-8-15-26-46)52(82-62)41-76-63-59(77-42(2)65)56(73-36-47-27-16-9-17-28-47)53(68)50(80-63)39-70-34-45-23-12-7-13-24-45/h5,7-21,23-32,50-64,68-69H,1,6,22,33-41H2,2-4H3/t50?,51?,52?,53-,54-,55-,56?,57?,58?,59?,60?,61?,62-,63-,64-/m1/s1. The van der Waals surface area contributed by atoms with Crippen LogP contribution in [0.3, 0.4) is 0 Å². The molecule has 83 heavy (non-hydrogen) atoms. The Bertz CT molecular complexity index is 2690. The SMILES string of the molecule is C=CCCCO[C@@H]1OC(CO[C@@H]2OC(COCc3ccccc3)[C@@H](O)C(OCc3ccccc3)C2OC(C)=O)[C@@H](O[C@H]2OC(COCc3ccccc3)[C@@H](O)C(OCc3ccccc3)C2OC(C)=O)C(OCc2ccccc2)C1OC(C)=O. The van der Waals surface area contributed by atoms with Gasteiger partial charge in [-0.2, -0.15) is 0 Å². The minimum absolute atomic E-state index is 0.0101. The van der Waals surface area contributed by atoms with E-state index in [0.29, 0.717) is 12.8 Å². The van der Waals surface area contributed by atoms with E-state index in [9.17, 15) is 24.6 Å². The molecule has 19 heteroatoms. The molecule has 3 aliphatic heterocycles. The molecule has 2 N–H and O–H groups in total. The lowest BCUT2D eigenvalue weighted by Gasteiger charge is -2.49. The van der Waals surface area contributed by atoms with Crippen LogP contribution < -0.4 is 0 Å². The molecular formula is C64H76O19. The Morgan fingerprint density at radius 1 is 0.422 bits per heavy atom. The highest BCUT2D eigenvalue weighted by atomic mass is 16.8. The summed E-state index contributed by atoms with van der Waals surface area (Å²) >= 11 is 0. The molecule has 3 aliphatic rings. The molecule has 9 unspecified atom stereocenters. The molecule has 19 nitrogen and oxygen atoms in total. The van der Waals surface area contributed by atoms with Crippen molar-refractivity contribution in [2.75, 3.05) is 26.4 Å². The molecule has 15 atom stereocenters. The normalized spacial score (nSPS) is 27.9. The number of benzene rings is 5. The highest BCUT2D eigenvalue weighted by Gasteiger charge is 2.56. The largest absolute Gasteiger partial charge is 0.454 e. The number of ether oxygens (including phenoxy) is 14. The molecule has 3 fully saturated rings. The molecule has 0 saturated carbocycles. The average molecular weight is 1150 g/mol. The number of aliphatic hydroxyl groups excluding tert-OH is 2. The highest BCUT2D eigenvalue weighted by Crippen LogP contribution is 2.37. The van der Waals surface area contributed by atoms with Gasteiger partial charge in [-0.1, -0.05) is 158 Å². The van der Waals surface area contributed by atoms with Crippen molar-refractivity contribution in [2.24, 2.45) is 0 Å². The van der Waals surface area contributed by atoms with Gasteiger partial charge in [0, 0.05) is 20.8 Å². The first-order valence-corrected chi connectivity index (χ1v) is 28.0. The van der Waals surface area contributed by atoms with Crippen molar-refractivity contribution in [1.29, 1.82) is 0 Å². The Morgan fingerprint density at radius 3 is 1.18 bits per heavy atom. The topological polar surface area (TPSA) is 221 Å². The van der Waals surface area contributed by atoms with Crippen molar-refractivity contribution in [1.82, 2.24) is 0 Å². The summed E-state index contributed by atoms with van der Waals surface area (Å²) < 4.78 is 90.4. The molecule has 0 aliphatic carbocycles. The molecule has 0 amide bonds. The van der Waals surface area contributed by atoms with Crippen LogP contribution in [-0.2, 0) is 114 Å². The van der Waals surface area contributed by atoms with Crippen LogP contribution in [0, 0.1) is 0 Å². The van der Waals surface area contributed by atoms with Crippen molar-refractivity contribution in [2.45, 2.75) is 159 Å². The van der Waals surface area contributed by atoms with Crippen LogP contribution in [0.4, 0.5) is 0 Å². The van der Waals surface area contributed by atoms with Crippen LogP contribution >= 0.6 is 0 Å². The summed E-state index contributed by atoms with van der Waals surface area (Å²) in [7, 11) is 0. The van der Waals surface area contributed by atoms with Gasteiger partial charge in [0.1, 0.15) is 54.9 Å². The van der Waals surface area contributed by atoms with E-state index in [4.69, 9.17) is 66.3 Å². The van der Waals surface area contributed by atoms with Gasteiger partial charge < -0.3 is 76.5 Å². The summed E-state index contributed by atoms with van der Waals surface area (Å²) in [5.74, 6) is -2.15. The van der Waals surface area contributed by atoms with Crippen molar-refractivity contribution in [3.63, 3.8) is 0 Å². The quantitative estimate of drug-likeness (QED) is 0.0200. The monoisotopic (exact) mass is 1150 g/mol. The number of esters is 3. The molecule has 5 aromatic carbocycles. The van der Waals surface area contributed by atoms with Gasteiger partial charge in [0.25, 0.3) is 0 Å². The molecule has 446 valence electrons. The summed E-state index contributed by atoms with van der Waals surface area (Å²) in [6, 6.07) is 46.7. The lowest BCUT2D eigenvalue weighted by atomic mass is 9.95. The first-order valence-electron chi connectivity index (χ1n) is 28.0. The van der Waals surface area contributed by atoms with E-state index in [0.717, 1.165) is 27.8 Å². The van der Waals surface area contributed by atoms with E-state index < -0.39 is 117 Å². The van der Waals surface area contributed by atoms with E-state index in [-0.39, 0.29) is 52.9 Å². The zero-order valence-corrected chi connectivity index (χ0v) is 47.0. The average Bonchev–Trinajstić information content (AvgIpc) is 3.27. The number of hydrogen-bond donors (Lipinski definition) is 2. The third-order valence-corrected chi connectivity index (χ3v) is 13.9. The Balaban J connectivity index is 1.17. The van der Waals surface area contributed by atoms with Gasteiger partial charge in [0.05, 0.1) is 59.5 Å². The van der Waals surface area contributed by atoms with Crippen LogP contribution in [0.5, 0.6) is 0 Å². The fraction of sp³-hybridized carbons (Fsp3) is 0.453. The molecule has 0 aromatic heterocycles. The van der Waals surface area contributed by atoms with Crippen molar-refractivity contribution in [3.8, 4) is 0 Å². The minimum atomic E-state index is -1.58.